The van der Waals surface area contributed by atoms with Crippen LogP contribution < -0.4 is 9.80 Å². The highest BCUT2D eigenvalue weighted by molar-refractivity contribution is 5.83. The van der Waals surface area contributed by atoms with Gasteiger partial charge in [0.1, 0.15) is 0 Å². The van der Waals surface area contributed by atoms with E-state index in [0.717, 1.165) is 25.7 Å². The summed E-state index contributed by atoms with van der Waals surface area (Å²) in [6, 6.07) is 125. The van der Waals surface area contributed by atoms with Crippen molar-refractivity contribution in [3.8, 4) is 0 Å². The SMILES string of the molecule is CC(C)(C)c1cc(CC23c4ccccc4C(c4ccccc42)c2ccccc23)c(N2[C]N(c3c(CC45c6ccccc6C(c6ccccc64)c4ccccc45)cc(C(C)(C)C)cc3CC34c5ccccc5C(c5ccccc53)c3ccccc34)C=C2)c(CC23c4ccccc4C(c4ccccc42)c2ccccc23)c1. The van der Waals surface area contributed by atoms with Gasteiger partial charge < -0.3 is 9.80 Å². The van der Waals surface area contributed by atoms with Crippen LogP contribution in [0.15, 0.2) is 328 Å². The molecule has 12 aliphatic carbocycles. The lowest BCUT2D eigenvalue weighted by atomic mass is 9.50. The molecule has 2 heteroatoms. The topological polar surface area (TPSA) is 6.48 Å². The summed E-state index contributed by atoms with van der Waals surface area (Å²) < 4.78 is 0. The molecule has 522 valence electrons. The molecule has 13 aliphatic rings. The van der Waals surface area contributed by atoms with Crippen molar-refractivity contribution in [1.82, 2.24) is 0 Å². The molecule has 0 saturated carbocycles. The Morgan fingerprint density at radius 3 is 0.523 bits per heavy atom. The van der Waals surface area contributed by atoms with E-state index in [1.165, 1.54) is 178 Å². The molecule has 0 amide bonds. The zero-order chi connectivity index (χ0) is 72.7. The van der Waals surface area contributed by atoms with Gasteiger partial charge in [-0.05, 0) is 203 Å². The maximum Gasteiger partial charge on any atom is 0.217 e. The minimum absolute atomic E-state index is 0.143. The minimum Gasteiger partial charge on any atom is -0.315 e. The first-order chi connectivity index (χ1) is 53.3. The van der Waals surface area contributed by atoms with Crippen molar-refractivity contribution < 1.29 is 0 Å². The molecule has 14 aromatic rings. The first-order valence-corrected chi connectivity index (χ1v) is 39.8. The van der Waals surface area contributed by atoms with Crippen LogP contribution in [-0.2, 0) is 58.2 Å². The predicted molar refractivity (Wildman–Crippen MR) is 443 cm³/mol. The second-order valence-electron chi connectivity index (χ2n) is 35.0. The van der Waals surface area contributed by atoms with Crippen molar-refractivity contribution >= 4 is 11.4 Å². The molecule has 2 radical (unpaired) electrons. The summed E-state index contributed by atoms with van der Waals surface area (Å²) >= 11 is 0. The van der Waals surface area contributed by atoms with Gasteiger partial charge in [0.2, 0.25) is 6.67 Å². The molecule has 0 unspecified atom stereocenters. The minimum atomic E-state index is -0.539. The summed E-state index contributed by atoms with van der Waals surface area (Å²) in [6.45, 7) is 19.1. The maximum atomic E-state index is 4.50. The summed E-state index contributed by atoms with van der Waals surface area (Å²) in [5.41, 5.74) is 41.6. The summed E-state index contributed by atoms with van der Waals surface area (Å²) in [5, 5.41) is 0. The summed E-state index contributed by atoms with van der Waals surface area (Å²) in [7, 11) is 0. The number of hydrogen-bond acceptors (Lipinski definition) is 2. The average molecular weight is 1400 g/mol. The van der Waals surface area contributed by atoms with Crippen molar-refractivity contribution in [2.45, 2.75) is 123 Å². The molecule has 0 spiro atoms. The van der Waals surface area contributed by atoms with Gasteiger partial charge in [-0.2, -0.15) is 0 Å². The Morgan fingerprint density at radius 2 is 0.376 bits per heavy atom. The Hall–Kier alpha value is -11.6. The Kier molecular flexibility index (Phi) is 13.1. The highest BCUT2D eigenvalue weighted by Crippen LogP contribution is 2.67. The van der Waals surface area contributed by atoms with Crippen molar-refractivity contribution in [2.24, 2.45) is 0 Å². The molecule has 1 aliphatic heterocycles. The highest BCUT2D eigenvalue weighted by Gasteiger charge is 2.58. The fourth-order valence-corrected chi connectivity index (χ4v) is 23.8. The van der Waals surface area contributed by atoms with Crippen LogP contribution in [0.5, 0.6) is 0 Å². The molecule has 8 bridgehead atoms. The van der Waals surface area contributed by atoms with Crippen LogP contribution in [0.1, 0.15) is 232 Å². The van der Waals surface area contributed by atoms with Crippen LogP contribution in [0.3, 0.4) is 0 Å². The van der Waals surface area contributed by atoms with E-state index in [2.05, 4.69) is 386 Å². The van der Waals surface area contributed by atoms with Crippen LogP contribution in [0, 0.1) is 6.67 Å². The molecule has 0 saturated heterocycles. The number of hydrogen-bond donors (Lipinski definition) is 0. The van der Waals surface area contributed by atoms with Crippen molar-refractivity contribution in [2.75, 3.05) is 9.80 Å². The lowest BCUT2D eigenvalue weighted by molar-refractivity contribution is 0.529. The molecule has 1 heterocycles. The zero-order valence-corrected chi connectivity index (χ0v) is 62.7. The van der Waals surface area contributed by atoms with Gasteiger partial charge in [-0.25, -0.2) is 0 Å². The zero-order valence-electron chi connectivity index (χ0n) is 62.7. The van der Waals surface area contributed by atoms with Crippen molar-refractivity contribution in [1.29, 1.82) is 0 Å². The van der Waals surface area contributed by atoms with Gasteiger partial charge >= 0.3 is 0 Å². The fourth-order valence-electron chi connectivity index (χ4n) is 23.8. The van der Waals surface area contributed by atoms with Gasteiger partial charge in [0.15, 0.2) is 0 Å². The van der Waals surface area contributed by atoms with Crippen LogP contribution in [-0.4, -0.2) is 0 Å². The predicted octanol–water partition coefficient (Wildman–Crippen LogP) is 23.6. The molecule has 0 N–H and O–H groups in total. The van der Waals surface area contributed by atoms with Gasteiger partial charge in [0.05, 0.1) is 21.7 Å². The molecule has 0 fully saturated rings. The lowest BCUT2D eigenvalue weighted by Gasteiger charge is -2.52. The maximum absolute atomic E-state index is 4.50. The Morgan fingerprint density at radius 1 is 0.229 bits per heavy atom. The third kappa shape index (κ3) is 8.32. The third-order valence-electron chi connectivity index (χ3n) is 27.9. The smallest absolute Gasteiger partial charge is 0.217 e. The Labute approximate surface area is 641 Å². The van der Waals surface area contributed by atoms with Gasteiger partial charge in [0.25, 0.3) is 0 Å². The fraction of sp³-hybridized carbons (Fsp3) is 0.187. The van der Waals surface area contributed by atoms with E-state index in [4.69, 9.17) is 0 Å². The monoisotopic (exact) mass is 1400 g/mol. The molecule has 27 rings (SSSR count). The highest BCUT2D eigenvalue weighted by atomic mass is 15.3. The van der Waals surface area contributed by atoms with Gasteiger partial charge in [0, 0.05) is 47.4 Å². The van der Waals surface area contributed by atoms with Crippen molar-refractivity contribution in [3.05, 3.63) is 501 Å². The molecule has 0 aromatic heterocycles. The third-order valence-corrected chi connectivity index (χ3v) is 27.9. The standard InChI is InChI=1S/C107H84N2/c1-102(2,3)70-57-66(61-104-84-43-19-7-31-72(84)96(73-32-8-20-44-85(73)104)74-33-9-21-45-86(74)104)100(67(58-70)62-105-87-46-22-10-34-75(87)97(76-35-11-23-47-88(76)105)77-36-12-24-48-89(77)105)108-55-56-109(65-108)101-68(63-106-90-49-25-13-37-78(90)98(79-38-14-26-50-91(79)106)80-39-15-27-51-92(80)106)59-71(103(4,5)6)60-69(101)64-107-93-52-28-16-40-81(93)99(82-41-17-29-53-94(82)107)83-42-18-30-54-95(83)107/h7-60,96-99H,61-64H2,1-6H3. The summed E-state index contributed by atoms with van der Waals surface area (Å²) in [5.74, 6) is 0.571. The summed E-state index contributed by atoms with van der Waals surface area (Å²) in [6.07, 6.45) is 7.72. The van der Waals surface area contributed by atoms with E-state index < -0.39 is 21.7 Å². The van der Waals surface area contributed by atoms with Gasteiger partial charge in [-0.3, -0.25) is 0 Å². The van der Waals surface area contributed by atoms with E-state index in [1.54, 1.807) is 0 Å². The molecule has 14 aromatic carbocycles. The summed E-state index contributed by atoms with van der Waals surface area (Å²) in [4.78, 5) is 5.00. The number of nitrogens with zero attached hydrogens (tertiary/aromatic N) is 2. The van der Waals surface area contributed by atoms with Crippen LogP contribution >= 0.6 is 0 Å². The second kappa shape index (κ2) is 22.5. The first-order valence-electron chi connectivity index (χ1n) is 39.8. The molecular weight excluding hydrogens is 1310 g/mol. The van der Waals surface area contributed by atoms with Crippen molar-refractivity contribution in [3.63, 3.8) is 0 Å². The van der Waals surface area contributed by atoms with Gasteiger partial charge in [-0.15, -0.1) is 0 Å². The molecule has 0 atom stereocenters. The number of rotatable bonds is 10. The van der Waals surface area contributed by atoms with E-state index in [-0.39, 0.29) is 34.5 Å². The molecule has 109 heavy (non-hydrogen) atoms. The molecular formula is C107H84N2. The van der Waals surface area contributed by atoms with E-state index in [1.807, 2.05) is 0 Å². The van der Waals surface area contributed by atoms with Crippen LogP contribution in [0.4, 0.5) is 11.4 Å². The Bertz CT molecular complexity index is 5090. The largest absolute Gasteiger partial charge is 0.315 e. The molecule has 2 nitrogen and oxygen atoms in total. The average Bonchev–Trinajstić information content (AvgIpc) is 0.987. The van der Waals surface area contributed by atoms with Crippen LogP contribution in [0.25, 0.3) is 0 Å². The normalized spacial score (nSPS) is 22.8. The first kappa shape index (κ1) is 63.5. The second-order valence-corrected chi connectivity index (χ2v) is 35.0. The van der Waals surface area contributed by atoms with Crippen LogP contribution in [0.2, 0.25) is 0 Å². The number of anilines is 2. The van der Waals surface area contributed by atoms with Gasteiger partial charge in [-0.1, -0.05) is 357 Å². The van der Waals surface area contributed by atoms with E-state index in [0.29, 0.717) is 0 Å². The number of benzene rings is 14. The quantitative estimate of drug-likeness (QED) is 0.135. The van der Waals surface area contributed by atoms with E-state index in [9.17, 15) is 0 Å². The van der Waals surface area contributed by atoms with E-state index >= 15 is 0 Å². The lowest BCUT2D eigenvalue weighted by Crippen LogP contribution is -2.45. The Balaban J connectivity index is 0.798.